The first kappa shape index (κ1) is 12.0. The highest BCUT2D eigenvalue weighted by Crippen LogP contribution is 1.92. The second-order valence-electron chi connectivity index (χ2n) is 3.36. The minimum atomic E-state index is 0.111. The third-order valence-corrected chi connectivity index (χ3v) is 1.52. The van der Waals surface area contributed by atoms with Crippen molar-refractivity contribution < 1.29 is 4.79 Å². The Bertz CT molecular complexity index is 198. The van der Waals surface area contributed by atoms with E-state index in [9.17, 15) is 4.79 Å². The average molecular weight is 181 g/mol. The summed E-state index contributed by atoms with van der Waals surface area (Å²) >= 11 is 0. The zero-order valence-corrected chi connectivity index (χ0v) is 8.81. The molecule has 0 radical (unpaired) electrons. The number of rotatable bonds is 4. The zero-order valence-electron chi connectivity index (χ0n) is 8.81. The van der Waals surface area contributed by atoms with Crippen LogP contribution in [0.2, 0.25) is 0 Å². The van der Waals surface area contributed by atoms with Crippen molar-refractivity contribution in [2.24, 2.45) is 5.92 Å². The minimum absolute atomic E-state index is 0.111. The van der Waals surface area contributed by atoms with Crippen LogP contribution in [-0.2, 0) is 4.79 Å². The SMILES string of the molecule is CCCCC(=O)NCC#CC(C)C. The Morgan fingerprint density at radius 2 is 2.15 bits per heavy atom. The molecule has 13 heavy (non-hydrogen) atoms. The van der Waals surface area contributed by atoms with Gasteiger partial charge in [0.2, 0.25) is 5.91 Å². The summed E-state index contributed by atoms with van der Waals surface area (Å²) in [6.45, 7) is 6.63. The Morgan fingerprint density at radius 3 is 2.69 bits per heavy atom. The third kappa shape index (κ3) is 8.94. The van der Waals surface area contributed by atoms with Gasteiger partial charge in [-0.3, -0.25) is 4.79 Å². The highest BCUT2D eigenvalue weighted by molar-refractivity contribution is 5.76. The zero-order chi connectivity index (χ0) is 10.1. The van der Waals surface area contributed by atoms with Gasteiger partial charge in [-0.2, -0.15) is 0 Å². The number of hydrogen-bond donors (Lipinski definition) is 1. The van der Waals surface area contributed by atoms with Crippen LogP contribution in [0.25, 0.3) is 0 Å². The van der Waals surface area contributed by atoms with E-state index in [1.807, 2.05) is 13.8 Å². The molecule has 1 amide bonds. The molecule has 0 saturated carbocycles. The van der Waals surface area contributed by atoms with Gasteiger partial charge < -0.3 is 5.32 Å². The Labute approximate surface area is 81.1 Å². The van der Waals surface area contributed by atoms with Crippen LogP contribution >= 0.6 is 0 Å². The van der Waals surface area contributed by atoms with Gasteiger partial charge in [0.1, 0.15) is 0 Å². The maximum atomic E-state index is 11.1. The van der Waals surface area contributed by atoms with Crippen molar-refractivity contribution in [1.29, 1.82) is 0 Å². The predicted molar refractivity (Wildman–Crippen MR) is 55.1 cm³/mol. The van der Waals surface area contributed by atoms with Gasteiger partial charge >= 0.3 is 0 Å². The quantitative estimate of drug-likeness (QED) is 0.660. The van der Waals surface area contributed by atoms with E-state index in [2.05, 4.69) is 24.1 Å². The first-order valence-electron chi connectivity index (χ1n) is 4.92. The highest BCUT2D eigenvalue weighted by atomic mass is 16.1. The normalized spacial score (nSPS) is 9.23. The van der Waals surface area contributed by atoms with E-state index in [4.69, 9.17) is 0 Å². The lowest BCUT2D eigenvalue weighted by molar-refractivity contribution is -0.120. The molecule has 2 nitrogen and oxygen atoms in total. The van der Waals surface area contributed by atoms with Crippen LogP contribution in [0.1, 0.15) is 40.0 Å². The molecule has 0 aromatic heterocycles. The molecular weight excluding hydrogens is 162 g/mol. The van der Waals surface area contributed by atoms with Crippen molar-refractivity contribution in [2.45, 2.75) is 40.0 Å². The van der Waals surface area contributed by atoms with E-state index in [0.29, 0.717) is 18.9 Å². The Morgan fingerprint density at radius 1 is 1.46 bits per heavy atom. The number of nitrogens with one attached hydrogen (secondary N) is 1. The van der Waals surface area contributed by atoms with Gasteiger partial charge in [-0.25, -0.2) is 0 Å². The fourth-order valence-electron chi connectivity index (χ4n) is 0.824. The van der Waals surface area contributed by atoms with Crippen LogP contribution in [0.15, 0.2) is 0 Å². The highest BCUT2D eigenvalue weighted by Gasteiger charge is 1.96. The minimum Gasteiger partial charge on any atom is -0.345 e. The summed E-state index contributed by atoms with van der Waals surface area (Å²) in [6.07, 6.45) is 2.65. The van der Waals surface area contributed by atoms with Crippen LogP contribution in [0, 0.1) is 17.8 Å². The first-order valence-corrected chi connectivity index (χ1v) is 4.92. The summed E-state index contributed by atoms with van der Waals surface area (Å²) in [5.41, 5.74) is 0. The van der Waals surface area contributed by atoms with Crippen LogP contribution in [0.4, 0.5) is 0 Å². The maximum absolute atomic E-state index is 11.1. The van der Waals surface area contributed by atoms with E-state index in [1.54, 1.807) is 0 Å². The molecular formula is C11H19NO. The van der Waals surface area contributed by atoms with Crippen LogP contribution in [-0.4, -0.2) is 12.5 Å². The molecule has 0 rings (SSSR count). The number of unbranched alkanes of at least 4 members (excludes halogenated alkanes) is 1. The molecule has 0 aromatic carbocycles. The molecule has 0 aromatic rings. The fourth-order valence-corrected chi connectivity index (χ4v) is 0.824. The molecule has 0 aliphatic heterocycles. The van der Waals surface area contributed by atoms with Crippen LogP contribution in [0.5, 0.6) is 0 Å². The molecule has 0 bridgehead atoms. The van der Waals surface area contributed by atoms with Gasteiger partial charge in [-0.15, -0.1) is 0 Å². The molecule has 2 heteroatoms. The van der Waals surface area contributed by atoms with Gasteiger partial charge in [0.05, 0.1) is 6.54 Å². The number of carbonyl (C=O) groups excluding carboxylic acids is 1. The summed E-state index contributed by atoms with van der Waals surface area (Å²) in [7, 11) is 0. The summed E-state index contributed by atoms with van der Waals surface area (Å²) < 4.78 is 0. The number of carbonyl (C=O) groups is 1. The second kappa shape index (κ2) is 7.67. The van der Waals surface area contributed by atoms with Crippen molar-refractivity contribution in [3.8, 4) is 11.8 Å². The topological polar surface area (TPSA) is 29.1 Å². The molecule has 0 atom stereocenters. The molecule has 74 valence electrons. The summed E-state index contributed by atoms with van der Waals surface area (Å²) in [5.74, 6) is 6.40. The van der Waals surface area contributed by atoms with Gasteiger partial charge in [0.25, 0.3) is 0 Å². The van der Waals surface area contributed by atoms with Gasteiger partial charge in [-0.05, 0) is 6.42 Å². The van der Waals surface area contributed by atoms with E-state index in [0.717, 1.165) is 12.8 Å². The van der Waals surface area contributed by atoms with E-state index in [1.165, 1.54) is 0 Å². The van der Waals surface area contributed by atoms with Gasteiger partial charge in [0, 0.05) is 12.3 Å². The molecule has 0 spiro atoms. The van der Waals surface area contributed by atoms with Crippen LogP contribution in [0.3, 0.4) is 0 Å². The third-order valence-electron chi connectivity index (χ3n) is 1.52. The van der Waals surface area contributed by atoms with Crippen molar-refractivity contribution >= 4 is 5.91 Å². The smallest absolute Gasteiger partial charge is 0.220 e. The van der Waals surface area contributed by atoms with E-state index < -0.39 is 0 Å². The predicted octanol–water partition coefficient (Wildman–Crippen LogP) is 1.95. The monoisotopic (exact) mass is 181 g/mol. The summed E-state index contributed by atoms with van der Waals surface area (Å²) in [5, 5.41) is 2.76. The standard InChI is InChI=1S/C11H19NO/c1-4-5-8-11(13)12-9-6-7-10(2)3/h10H,4-5,8-9H2,1-3H3,(H,12,13). The van der Waals surface area contributed by atoms with Crippen molar-refractivity contribution in [2.75, 3.05) is 6.54 Å². The maximum Gasteiger partial charge on any atom is 0.220 e. The molecule has 0 fully saturated rings. The molecule has 0 aliphatic rings. The Balaban J connectivity index is 3.44. The first-order chi connectivity index (χ1) is 6.16. The fraction of sp³-hybridized carbons (Fsp3) is 0.727. The molecule has 0 aliphatic carbocycles. The summed E-state index contributed by atoms with van der Waals surface area (Å²) in [6, 6.07) is 0. The van der Waals surface area contributed by atoms with E-state index in [-0.39, 0.29) is 5.91 Å². The average Bonchev–Trinajstić information content (AvgIpc) is 2.08. The molecule has 0 saturated heterocycles. The number of amides is 1. The van der Waals surface area contributed by atoms with Crippen molar-refractivity contribution in [1.82, 2.24) is 5.32 Å². The van der Waals surface area contributed by atoms with Gasteiger partial charge in [0.15, 0.2) is 0 Å². The lowest BCUT2D eigenvalue weighted by atomic mass is 10.2. The lowest BCUT2D eigenvalue weighted by Crippen LogP contribution is -2.23. The van der Waals surface area contributed by atoms with Gasteiger partial charge in [-0.1, -0.05) is 39.0 Å². The van der Waals surface area contributed by atoms with Crippen molar-refractivity contribution in [3.05, 3.63) is 0 Å². The molecule has 0 unspecified atom stereocenters. The Kier molecular flexibility index (Phi) is 7.10. The molecule has 1 N–H and O–H groups in total. The Hall–Kier alpha value is -0.970. The lowest BCUT2D eigenvalue weighted by Gasteiger charge is -1.98. The summed E-state index contributed by atoms with van der Waals surface area (Å²) in [4.78, 5) is 11.1. The van der Waals surface area contributed by atoms with Crippen molar-refractivity contribution in [3.63, 3.8) is 0 Å². The second-order valence-corrected chi connectivity index (χ2v) is 3.36. The van der Waals surface area contributed by atoms with E-state index >= 15 is 0 Å². The van der Waals surface area contributed by atoms with Crippen LogP contribution < -0.4 is 5.32 Å². The number of hydrogen-bond acceptors (Lipinski definition) is 1. The largest absolute Gasteiger partial charge is 0.345 e. The molecule has 0 heterocycles.